The number of nitrogens with one attached hydrogen (secondary N) is 1. The molecule has 0 aliphatic heterocycles. The van der Waals surface area contributed by atoms with Crippen molar-refractivity contribution in [1.82, 2.24) is 10.2 Å². The number of hydrogen-bond donors (Lipinski definition) is 1. The van der Waals surface area contributed by atoms with Crippen LogP contribution in [-0.4, -0.2) is 32.1 Å². The van der Waals surface area contributed by atoms with Crippen LogP contribution in [0.2, 0.25) is 0 Å². The molecule has 0 aliphatic carbocycles. The van der Waals surface area contributed by atoms with Gasteiger partial charge in [0.1, 0.15) is 5.75 Å². The molecule has 2 rings (SSSR count). The minimum atomic E-state index is 0.658. The van der Waals surface area contributed by atoms with Gasteiger partial charge in [0.15, 0.2) is 5.96 Å². The van der Waals surface area contributed by atoms with Gasteiger partial charge in [-0.05, 0) is 35.4 Å². The van der Waals surface area contributed by atoms with E-state index in [4.69, 9.17) is 10.00 Å². The minimum absolute atomic E-state index is 0.658. The standard InChI is InChI=1S/C19H22N4O/c1-21-19(22-13-16-6-4-15(12-20)5-7-16)23(2)14-17-8-10-18(24-3)11-9-17/h4-11H,13-14H2,1-3H3,(H,21,22). The van der Waals surface area contributed by atoms with E-state index in [1.807, 2.05) is 55.6 Å². The van der Waals surface area contributed by atoms with Gasteiger partial charge in [0.05, 0.1) is 18.7 Å². The monoisotopic (exact) mass is 322 g/mol. The number of rotatable bonds is 5. The van der Waals surface area contributed by atoms with Crippen molar-refractivity contribution in [1.29, 1.82) is 5.26 Å². The van der Waals surface area contributed by atoms with Crippen LogP contribution in [0.4, 0.5) is 0 Å². The highest BCUT2D eigenvalue weighted by molar-refractivity contribution is 5.79. The third-order valence-corrected chi connectivity index (χ3v) is 3.69. The molecule has 0 aliphatic rings. The Bertz CT molecular complexity index is 715. The van der Waals surface area contributed by atoms with Gasteiger partial charge < -0.3 is 15.0 Å². The molecule has 0 saturated carbocycles. The second kappa shape index (κ2) is 8.59. The smallest absolute Gasteiger partial charge is 0.193 e. The summed E-state index contributed by atoms with van der Waals surface area (Å²) in [6, 6.07) is 17.7. The van der Waals surface area contributed by atoms with Gasteiger partial charge in [-0.3, -0.25) is 4.99 Å². The molecule has 0 atom stereocenters. The number of benzene rings is 2. The van der Waals surface area contributed by atoms with Crippen LogP contribution in [0.25, 0.3) is 0 Å². The van der Waals surface area contributed by atoms with Crippen LogP contribution in [0.3, 0.4) is 0 Å². The van der Waals surface area contributed by atoms with Crippen LogP contribution in [0.1, 0.15) is 16.7 Å². The van der Waals surface area contributed by atoms with Crippen molar-refractivity contribution in [3.05, 3.63) is 65.2 Å². The first kappa shape index (κ1) is 17.4. The van der Waals surface area contributed by atoms with E-state index in [0.717, 1.165) is 23.8 Å². The number of nitriles is 1. The molecular formula is C19H22N4O. The van der Waals surface area contributed by atoms with Gasteiger partial charge in [-0.2, -0.15) is 5.26 Å². The molecule has 0 aromatic heterocycles. The molecule has 5 nitrogen and oxygen atoms in total. The Hall–Kier alpha value is -3.00. The fourth-order valence-corrected chi connectivity index (χ4v) is 2.34. The Labute approximate surface area is 143 Å². The average molecular weight is 322 g/mol. The molecule has 2 aromatic rings. The molecule has 0 unspecified atom stereocenters. The van der Waals surface area contributed by atoms with Gasteiger partial charge in [-0.15, -0.1) is 0 Å². The van der Waals surface area contributed by atoms with Gasteiger partial charge in [0.2, 0.25) is 0 Å². The maximum Gasteiger partial charge on any atom is 0.193 e. The molecule has 2 aromatic carbocycles. The predicted octanol–water partition coefficient (Wildman–Crippen LogP) is 2.77. The van der Waals surface area contributed by atoms with Crippen molar-refractivity contribution in [2.75, 3.05) is 21.2 Å². The summed E-state index contributed by atoms with van der Waals surface area (Å²) in [7, 11) is 5.43. The summed E-state index contributed by atoms with van der Waals surface area (Å²) in [5, 5.41) is 12.2. The molecule has 0 saturated heterocycles. The van der Waals surface area contributed by atoms with Crippen molar-refractivity contribution >= 4 is 5.96 Å². The molecule has 0 radical (unpaired) electrons. The van der Waals surface area contributed by atoms with Crippen LogP contribution < -0.4 is 10.1 Å². The summed E-state index contributed by atoms with van der Waals surface area (Å²) in [6.45, 7) is 1.41. The van der Waals surface area contributed by atoms with E-state index in [1.165, 1.54) is 5.56 Å². The molecular weight excluding hydrogens is 300 g/mol. The average Bonchev–Trinajstić information content (AvgIpc) is 2.63. The highest BCUT2D eigenvalue weighted by Crippen LogP contribution is 2.12. The Morgan fingerprint density at radius 1 is 1.12 bits per heavy atom. The van der Waals surface area contributed by atoms with E-state index in [-0.39, 0.29) is 0 Å². The number of guanidine groups is 1. The molecule has 1 N–H and O–H groups in total. The van der Waals surface area contributed by atoms with E-state index >= 15 is 0 Å². The summed E-state index contributed by atoms with van der Waals surface area (Å²) < 4.78 is 5.18. The number of methoxy groups -OCH3 is 1. The second-order valence-electron chi connectivity index (χ2n) is 5.41. The number of aliphatic imine (C=N–C) groups is 1. The molecule has 0 bridgehead atoms. The van der Waals surface area contributed by atoms with E-state index in [0.29, 0.717) is 12.1 Å². The largest absolute Gasteiger partial charge is 0.497 e. The van der Waals surface area contributed by atoms with Crippen molar-refractivity contribution in [3.8, 4) is 11.8 Å². The number of ether oxygens (including phenoxy) is 1. The summed E-state index contributed by atoms with van der Waals surface area (Å²) in [5.41, 5.74) is 2.95. The third-order valence-electron chi connectivity index (χ3n) is 3.69. The van der Waals surface area contributed by atoms with Crippen molar-refractivity contribution in [2.45, 2.75) is 13.1 Å². The topological polar surface area (TPSA) is 60.7 Å². The zero-order chi connectivity index (χ0) is 17.4. The van der Waals surface area contributed by atoms with Crippen LogP contribution in [0, 0.1) is 11.3 Å². The fraction of sp³-hybridized carbons (Fsp3) is 0.263. The zero-order valence-electron chi connectivity index (χ0n) is 14.3. The third kappa shape index (κ3) is 4.75. The van der Waals surface area contributed by atoms with Gasteiger partial charge >= 0.3 is 0 Å². The molecule has 5 heteroatoms. The van der Waals surface area contributed by atoms with Gasteiger partial charge in [-0.1, -0.05) is 24.3 Å². The van der Waals surface area contributed by atoms with Crippen molar-refractivity contribution < 1.29 is 4.74 Å². The normalized spacial score (nSPS) is 10.8. The molecule has 0 spiro atoms. The summed E-state index contributed by atoms with van der Waals surface area (Å²) >= 11 is 0. The highest BCUT2D eigenvalue weighted by Gasteiger charge is 2.07. The lowest BCUT2D eigenvalue weighted by atomic mass is 10.1. The summed E-state index contributed by atoms with van der Waals surface area (Å²) in [4.78, 5) is 6.38. The van der Waals surface area contributed by atoms with E-state index in [1.54, 1.807) is 14.2 Å². The maximum atomic E-state index is 8.83. The van der Waals surface area contributed by atoms with Crippen LogP contribution in [0.5, 0.6) is 5.75 Å². The summed E-state index contributed by atoms with van der Waals surface area (Å²) in [6.07, 6.45) is 0. The van der Waals surface area contributed by atoms with Crippen LogP contribution in [-0.2, 0) is 13.1 Å². The molecule has 124 valence electrons. The second-order valence-corrected chi connectivity index (χ2v) is 5.41. The van der Waals surface area contributed by atoms with Gasteiger partial charge in [0.25, 0.3) is 0 Å². The first-order valence-electron chi connectivity index (χ1n) is 7.70. The Morgan fingerprint density at radius 2 is 1.75 bits per heavy atom. The van der Waals surface area contributed by atoms with Gasteiger partial charge in [0, 0.05) is 27.2 Å². The lowest BCUT2D eigenvalue weighted by molar-refractivity contribution is 0.414. The molecule has 0 fully saturated rings. The molecule has 0 amide bonds. The lowest BCUT2D eigenvalue weighted by Crippen LogP contribution is -2.38. The maximum absolute atomic E-state index is 8.83. The van der Waals surface area contributed by atoms with E-state index < -0.39 is 0 Å². The first-order chi connectivity index (χ1) is 11.7. The Kier molecular flexibility index (Phi) is 6.21. The lowest BCUT2D eigenvalue weighted by Gasteiger charge is -2.22. The fourth-order valence-electron chi connectivity index (χ4n) is 2.34. The first-order valence-corrected chi connectivity index (χ1v) is 7.70. The van der Waals surface area contributed by atoms with Crippen molar-refractivity contribution in [3.63, 3.8) is 0 Å². The van der Waals surface area contributed by atoms with Gasteiger partial charge in [-0.25, -0.2) is 0 Å². The Balaban J connectivity index is 1.93. The van der Waals surface area contributed by atoms with E-state index in [2.05, 4.69) is 21.3 Å². The van der Waals surface area contributed by atoms with Crippen LogP contribution in [0.15, 0.2) is 53.5 Å². The summed E-state index contributed by atoms with van der Waals surface area (Å²) in [5.74, 6) is 1.67. The molecule has 24 heavy (non-hydrogen) atoms. The molecule has 0 heterocycles. The Morgan fingerprint density at radius 3 is 2.29 bits per heavy atom. The highest BCUT2D eigenvalue weighted by atomic mass is 16.5. The van der Waals surface area contributed by atoms with Crippen LogP contribution >= 0.6 is 0 Å². The SMILES string of the molecule is CN=C(NCc1ccc(C#N)cc1)N(C)Cc1ccc(OC)cc1. The minimum Gasteiger partial charge on any atom is -0.497 e. The number of hydrogen-bond acceptors (Lipinski definition) is 3. The quantitative estimate of drug-likeness (QED) is 0.679. The van der Waals surface area contributed by atoms with E-state index in [9.17, 15) is 0 Å². The predicted molar refractivity (Wildman–Crippen MR) is 95.8 cm³/mol. The van der Waals surface area contributed by atoms with Crippen molar-refractivity contribution in [2.24, 2.45) is 4.99 Å². The zero-order valence-corrected chi connectivity index (χ0v) is 14.3. The number of nitrogens with zero attached hydrogens (tertiary/aromatic N) is 3.